The molecular formula is C25H28N6OS2. The second-order valence-corrected chi connectivity index (χ2v) is 10.5. The third kappa shape index (κ3) is 5.59. The fourth-order valence-corrected chi connectivity index (χ4v) is 5.88. The maximum atomic E-state index is 12.8. The Morgan fingerprint density at radius 1 is 1.09 bits per heavy atom. The quantitative estimate of drug-likeness (QED) is 0.307. The monoisotopic (exact) mass is 492 g/mol. The Labute approximate surface area is 207 Å². The van der Waals surface area contributed by atoms with Crippen molar-refractivity contribution in [3.63, 3.8) is 0 Å². The smallest absolute Gasteiger partial charge is 0.235 e. The standard InChI is InChI=1S/C25H28N6OS2/c32-24(27-22-12-14-26-31(22)20-9-4-5-10-20)18-34-25-29-28-23(17-21-11-6-16-33-21)30(25)15-13-19-7-2-1-3-8-19/h1-3,6-8,11-12,14,16,20H,4-5,9-10,13,15,17-18H2,(H,27,32). The molecule has 0 radical (unpaired) electrons. The Balaban J connectivity index is 1.25. The number of amides is 1. The number of benzene rings is 1. The molecular weight excluding hydrogens is 464 g/mol. The molecule has 0 spiro atoms. The van der Waals surface area contributed by atoms with Crippen LogP contribution in [0.5, 0.6) is 0 Å². The van der Waals surface area contributed by atoms with Crippen molar-refractivity contribution in [2.24, 2.45) is 0 Å². The fraction of sp³-hybridized carbons (Fsp3) is 0.360. The van der Waals surface area contributed by atoms with Crippen LogP contribution >= 0.6 is 23.1 Å². The first-order valence-electron chi connectivity index (χ1n) is 11.7. The summed E-state index contributed by atoms with van der Waals surface area (Å²) in [6, 6.07) is 16.9. The van der Waals surface area contributed by atoms with Crippen LogP contribution in [-0.2, 0) is 24.2 Å². The van der Waals surface area contributed by atoms with Crippen LogP contribution < -0.4 is 5.32 Å². The Kier molecular flexibility index (Phi) is 7.40. The molecule has 5 rings (SSSR count). The first kappa shape index (κ1) is 22.9. The number of rotatable bonds is 10. The normalized spacial score (nSPS) is 14.0. The molecule has 0 bridgehead atoms. The molecule has 0 aliphatic heterocycles. The van der Waals surface area contributed by atoms with E-state index in [1.165, 1.54) is 35.0 Å². The van der Waals surface area contributed by atoms with Gasteiger partial charge in [0.05, 0.1) is 18.0 Å². The number of hydrogen-bond acceptors (Lipinski definition) is 6. The van der Waals surface area contributed by atoms with E-state index in [1.54, 1.807) is 17.5 Å². The van der Waals surface area contributed by atoms with Gasteiger partial charge in [-0.25, -0.2) is 4.68 Å². The zero-order valence-corrected chi connectivity index (χ0v) is 20.6. The summed E-state index contributed by atoms with van der Waals surface area (Å²) < 4.78 is 4.13. The van der Waals surface area contributed by atoms with Crippen LogP contribution in [0, 0.1) is 0 Å². The highest BCUT2D eigenvalue weighted by Crippen LogP contribution is 2.31. The van der Waals surface area contributed by atoms with E-state index >= 15 is 0 Å². The third-order valence-corrected chi connectivity index (χ3v) is 7.96. The van der Waals surface area contributed by atoms with Crippen LogP contribution in [0.3, 0.4) is 0 Å². The SMILES string of the molecule is O=C(CSc1nnc(Cc2cccs2)n1CCc1ccccc1)Nc1ccnn1C1CCCC1. The number of hydrogen-bond donors (Lipinski definition) is 1. The molecule has 1 saturated carbocycles. The van der Waals surface area contributed by atoms with Gasteiger partial charge in [0.15, 0.2) is 5.16 Å². The van der Waals surface area contributed by atoms with Gasteiger partial charge in [-0.1, -0.05) is 61.0 Å². The highest BCUT2D eigenvalue weighted by Gasteiger charge is 2.21. The lowest BCUT2D eigenvalue weighted by atomic mass is 10.1. The number of nitrogens with one attached hydrogen (secondary N) is 1. The molecule has 7 nitrogen and oxygen atoms in total. The largest absolute Gasteiger partial charge is 0.310 e. The van der Waals surface area contributed by atoms with E-state index in [9.17, 15) is 4.79 Å². The van der Waals surface area contributed by atoms with E-state index in [4.69, 9.17) is 0 Å². The maximum absolute atomic E-state index is 12.8. The Morgan fingerprint density at radius 2 is 1.94 bits per heavy atom. The summed E-state index contributed by atoms with van der Waals surface area (Å²) in [5.74, 6) is 1.93. The molecule has 176 valence electrons. The van der Waals surface area contributed by atoms with Crippen molar-refractivity contribution < 1.29 is 4.79 Å². The molecule has 0 unspecified atom stereocenters. The van der Waals surface area contributed by atoms with Gasteiger partial charge < -0.3 is 9.88 Å². The summed E-state index contributed by atoms with van der Waals surface area (Å²) >= 11 is 3.16. The van der Waals surface area contributed by atoms with Crippen molar-refractivity contribution in [1.82, 2.24) is 24.5 Å². The second kappa shape index (κ2) is 11.0. The molecule has 9 heteroatoms. The summed E-state index contributed by atoms with van der Waals surface area (Å²) in [4.78, 5) is 14.0. The van der Waals surface area contributed by atoms with Crippen molar-refractivity contribution in [2.75, 3.05) is 11.1 Å². The van der Waals surface area contributed by atoms with Crippen LogP contribution in [0.1, 0.15) is 48.0 Å². The van der Waals surface area contributed by atoms with Gasteiger partial charge in [0, 0.05) is 23.9 Å². The summed E-state index contributed by atoms with van der Waals surface area (Å²) in [7, 11) is 0. The number of thioether (sulfide) groups is 1. The molecule has 0 saturated heterocycles. The number of carbonyl (C=O) groups excluding carboxylic acids is 1. The van der Waals surface area contributed by atoms with Gasteiger partial charge in [-0.15, -0.1) is 21.5 Å². The number of aromatic nitrogens is 5. The lowest BCUT2D eigenvalue weighted by molar-refractivity contribution is -0.113. The van der Waals surface area contributed by atoms with Crippen LogP contribution in [0.2, 0.25) is 0 Å². The van der Waals surface area contributed by atoms with Crippen molar-refractivity contribution >= 4 is 34.8 Å². The van der Waals surface area contributed by atoms with Crippen molar-refractivity contribution in [3.05, 3.63) is 76.4 Å². The second-order valence-electron chi connectivity index (χ2n) is 8.48. The third-order valence-electron chi connectivity index (χ3n) is 6.11. The molecule has 1 fully saturated rings. The van der Waals surface area contributed by atoms with Crippen molar-refractivity contribution in [3.8, 4) is 0 Å². The Bertz CT molecular complexity index is 1200. The van der Waals surface area contributed by atoms with Gasteiger partial charge in [-0.3, -0.25) is 4.79 Å². The van der Waals surface area contributed by atoms with E-state index in [-0.39, 0.29) is 11.7 Å². The summed E-state index contributed by atoms with van der Waals surface area (Å²) in [5, 5.41) is 19.3. The summed E-state index contributed by atoms with van der Waals surface area (Å²) in [6.07, 6.45) is 8.08. The minimum atomic E-state index is -0.0536. The summed E-state index contributed by atoms with van der Waals surface area (Å²) in [5.41, 5.74) is 1.27. The molecule has 34 heavy (non-hydrogen) atoms. The van der Waals surface area contributed by atoms with Gasteiger partial charge in [-0.05, 0) is 36.3 Å². The van der Waals surface area contributed by atoms with E-state index in [0.29, 0.717) is 6.04 Å². The lowest BCUT2D eigenvalue weighted by Crippen LogP contribution is -2.19. The van der Waals surface area contributed by atoms with Gasteiger partial charge in [-0.2, -0.15) is 5.10 Å². The molecule has 1 aliphatic rings. The number of anilines is 1. The predicted octanol–water partition coefficient (Wildman–Crippen LogP) is 5.22. The Morgan fingerprint density at radius 3 is 2.74 bits per heavy atom. The average molecular weight is 493 g/mol. The number of thiophene rings is 1. The molecule has 1 amide bonds. The van der Waals surface area contributed by atoms with E-state index < -0.39 is 0 Å². The molecule has 1 N–H and O–H groups in total. The minimum Gasteiger partial charge on any atom is -0.310 e. The first-order chi connectivity index (χ1) is 16.8. The minimum absolute atomic E-state index is 0.0536. The Hall–Kier alpha value is -2.91. The van der Waals surface area contributed by atoms with Gasteiger partial charge in [0.25, 0.3) is 0 Å². The summed E-state index contributed by atoms with van der Waals surface area (Å²) in [6.45, 7) is 0.774. The molecule has 3 heterocycles. The topological polar surface area (TPSA) is 77.6 Å². The predicted molar refractivity (Wildman–Crippen MR) is 136 cm³/mol. The first-order valence-corrected chi connectivity index (χ1v) is 13.6. The van der Waals surface area contributed by atoms with Gasteiger partial charge >= 0.3 is 0 Å². The molecule has 3 aromatic heterocycles. The zero-order valence-electron chi connectivity index (χ0n) is 19.0. The van der Waals surface area contributed by atoms with Crippen molar-refractivity contribution in [2.45, 2.75) is 56.3 Å². The van der Waals surface area contributed by atoms with E-state index in [2.05, 4.69) is 67.0 Å². The number of aryl methyl sites for hydroxylation is 1. The zero-order chi connectivity index (χ0) is 23.2. The highest BCUT2D eigenvalue weighted by atomic mass is 32.2. The van der Waals surface area contributed by atoms with Crippen LogP contribution in [0.4, 0.5) is 5.82 Å². The van der Waals surface area contributed by atoms with Crippen LogP contribution in [0.15, 0.2) is 65.3 Å². The van der Waals surface area contributed by atoms with Gasteiger partial charge in [0.1, 0.15) is 11.6 Å². The molecule has 4 aromatic rings. The van der Waals surface area contributed by atoms with E-state index in [0.717, 1.165) is 49.0 Å². The van der Waals surface area contributed by atoms with Crippen LogP contribution in [0.25, 0.3) is 0 Å². The van der Waals surface area contributed by atoms with Crippen LogP contribution in [-0.4, -0.2) is 36.2 Å². The fourth-order valence-electron chi connectivity index (χ4n) is 4.40. The van der Waals surface area contributed by atoms with Gasteiger partial charge in [0.2, 0.25) is 5.91 Å². The average Bonchev–Trinajstić information content (AvgIpc) is 3.66. The molecule has 1 aromatic carbocycles. The lowest BCUT2D eigenvalue weighted by Gasteiger charge is -2.14. The molecule has 0 atom stereocenters. The van der Waals surface area contributed by atoms with E-state index in [1.807, 2.05) is 16.8 Å². The molecule has 1 aliphatic carbocycles. The number of carbonyl (C=O) groups is 1. The van der Waals surface area contributed by atoms with Crippen molar-refractivity contribution in [1.29, 1.82) is 0 Å². The highest BCUT2D eigenvalue weighted by molar-refractivity contribution is 7.99. The maximum Gasteiger partial charge on any atom is 0.235 e. The number of nitrogens with zero attached hydrogens (tertiary/aromatic N) is 5.